The van der Waals surface area contributed by atoms with Crippen molar-refractivity contribution in [1.29, 1.82) is 0 Å². The van der Waals surface area contributed by atoms with Crippen molar-refractivity contribution in [2.75, 3.05) is 13.2 Å². The van der Waals surface area contributed by atoms with E-state index in [0.29, 0.717) is 6.42 Å². The largest absolute Gasteiger partial charge is 0.396 e. The van der Waals surface area contributed by atoms with E-state index < -0.39 is 10.0 Å². The summed E-state index contributed by atoms with van der Waals surface area (Å²) in [5.74, 6) is -0.190. The maximum Gasteiger partial charge on any atom is 0.240 e. The van der Waals surface area contributed by atoms with Gasteiger partial charge in [0.25, 0.3) is 0 Å². The molecule has 1 aromatic carbocycles. The summed E-state index contributed by atoms with van der Waals surface area (Å²) < 4.78 is 28.7. The van der Waals surface area contributed by atoms with E-state index in [2.05, 4.69) is 9.82 Å². The fourth-order valence-corrected chi connectivity index (χ4v) is 3.26. The number of aliphatic hydroxyl groups is 1. The summed E-state index contributed by atoms with van der Waals surface area (Å²) in [6.45, 7) is 1.99. The van der Waals surface area contributed by atoms with Crippen molar-refractivity contribution in [2.45, 2.75) is 18.2 Å². The number of hydrogen-bond donors (Lipinski definition) is 2. The number of benzene rings is 1. The molecule has 0 aliphatic rings. The molecule has 1 aromatic heterocycles. The first-order valence-electron chi connectivity index (χ1n) is 7.05. The van der Waals surface area contributed by atoms with Gasteiger partial charge in [-0.1, -0.05) is 17.7 Å². The highest BCUT2D eigenvalue weighted by Crippen LogP contribution is 2.12. The highest BCUT2D eigenvalue weighted by Gasteiger charge is 2.17. The number of aliphatic hydroxyl groups excluding tert-OH is 1. The van der Waals surface area contributed by atoms with Gasteiger partial charge in [0, 0.05) is 26.4 Å². The van der Waals surface area contributed by atoms with Crippen molar-refractivity contribution in [3.8, 4) is 0 Å². The molecule has 2 rings (SSSR count). The van der Waals surface area contributed by atoms with Gasteiger partial charge in [0.15, 0.2) is 0 Å². The minimum atomic E-state index is -3.55. The van der Waals surface area contributed by atoms with Gasteiger partial charge in [0.1, 0.15) is 0 Å². The van der Waals surface area contributed by atoms with Crippen LogP contribution in [0.1, 0.15) is 11.1 Å². The molecule has 0 bridgehead atoms. The van der Waals surface area contributed by atoms with Gasteiger partial charge in [-0.15, -0.1) is 0 Å². The van der Waals surface area contributed by atoms with E-state index in [0.717, 1.165) is 11.1 Å². The molecule has 0 fully saturated rings. The third kappa shape index (κ3) is 4.40. The highest BCUT2D eigenvalue weighted by atomic mass is 32.2. The quantitative estimate of drug-likeness (QED) is 0.791. The Bertz CT molecular complexity index is 708. The Morgan fingerprint density at radius 2 is 2.00 bits per heavy atom. The minimum Gasteiger partial charge on any atom is -0.396 e. The zero-order valence-corrected chi connectivity index (χ0v) is 13.5. The van der Waals surface area contributed by atoms with Gasteiger partial charge < -0.3 is 5.11 Å². The summed E-state index contributed by atoms with van der Waals surface area (Å²) in [5, 5.41) is 13.5. The first-order valence-corrected chi connectivity index (χ1v) is 8.54. The van der Waals surface area contributed by atoms with E-state index >= 15 is 0 Å². The topological polar surface area (TPSA) is 84.2 Å². The normalized spacial score (nSPS) is 13.2. The molecule has 22 heavy (non-hydrogen) atoms. The molecule has 120 valence electrons. The van der Waals surface area contributed by atoms with Gasteiger partial charge in [-0.25, -0.2) is 13.1 Å². The summed E-state index contributed by atoms with van der Waals surface area (Å²) in [5.41, 5.74) is 1.97. The van der Waals surface area contributed by atoms with Gasteiger partial charge in [0.05, 0.1) is 11.1 Å². The number of aromatic nitrogens is 2. The highest BCUT2D eigenvalue weighted by molar-refractivity contribution is 7.89. The van der Waals surface area contributed by atoms with Crippen molar-refractivity contribution in [3.63, 3.8) is 0 Å². The second kappa shape index (κ2) is 7.04. The number of nitrogens with one attached hydrogen (secondary N) is 1. The lowest BCUT2D eigenvalue weighted by molar-refractivity contribution is 0.227. The Kier molecular flexibility index (Phi) is 5.33. The molecule has 0 aliphatic heterocycles. The Balaban J connectivity index is 1.98. The van der Waals surface area contributed by atoms with Crippen LogP contribution in [0, 0.1) is 12.8 Å². The molecule has 6 nitrogen and oxygen atoms in total. The number of sulfonamides is 1. The molecule has 0 amide bonds. The second-order valence-corrected chi connectivity index (χ2v) is 7.21. The maximum absolute atomic E-state index is 12.2. The van der Waals surface area contributed by atoms with Crippen LogP contribution in [0.2, 0.25) is 0 Å². The lowest BCUT2D eigenvalue weighted by atomic mass is 10.0. The van der Waals surface area contributed by atoms with Gasteiger partial charge in [0.2, 0.25) is 10.0 Å². The van der Waals surface area contributed by atoms with Crippen molar-refractivity contribution >= 4 is 10.0 Å². The van der Waals surface area contributed by atoms with Crippen LogP contribution in [0.25, 0.3) is 0 Å². The molecule has 0 saturated heterocycles. The Morgan fingerprint density at radius 3 is 2.55 bits per heavy atom. The zero-order chi connectivity index (χ0) is 16.2. The first kappa shape index (κ1) is 16.7. The van der Waals surface area contributed by atoms with Crippen LogP contribution in [0.5, 0.6) is 0 Å². The van der Waals surface area contributed by atoms with Crippen molar-refractivity contribution < 1.29 is 13.5 Å². The summed E-state index contributed by atoms with van der Waals surface area (Å²) in [6, 6.07) is 6.67. The number of aryl methyl sites for hydroxylation is 2. The molecule has 7 heteroatoms. The molecule has 1 atom stereocenters. The van der Waals surface area contributed by atoms with Crippen LogP contribution in [0.4, 0.5) is 0 Å². The standard InChI is InChI=1S/C15H21N3O3S/c1-12-3-5-15(6-4-12)22(20,21)17-9-14(11-19)7-13-8-16-18(2)10-13/h3-6,8,10,14,17,19H,7,9,11H2,1-2H3/t14-/m0/s1. The summed E-state index contributed by atoms with van der Waals surface area (Å²) in [7, 11) is -1.73. The molecule has 0 aliphatic carbocycles. The summed E-state index contributed by atoms with van der Waals surface area (Å²) in [4.78, 5) is 0.233. The lowest BCUT2D eigenvalue weighted by Gasteiger charge is -2.14. The average molecular weight is 323 g/mol. The van der Waals surface area contributed by atoms with Crippen molar-refractivity contribution in [1.82, 2.24) is 14.5 Å². The van der Waals surface area contributed by atoms with Crippen LogP contribution < -0.4 is 4.72 Å². The van der Waals surface area contributed by atoms with Gasteiger partial charge in [-0.05, 0) is 37.0 Å². The average Bonchev–Trinajstić information content (AvgIpc) is 2.89. The SMILES string of the molecule is Cc1ccc(S(=O)(=O)NC[C@@H](CO)Cc2cnn(C)c2)cc1. The molecular formula is C15H21N3O3S. The lowest BCUT2D eigenvalue weighted by Crippen LogP contribution is -2.31. The summed E-state index contributed by atoms with van der Waals surface area (Å²) in [6.07, 6.45) is 4.15. The van der Waals surface area contributed by atoms with Gasteiger partial charge in [-0.3, -0.25) is 4.68 Å². The van der Waals surface area contributed by atoms with E-state index in [9.17, 15) is 13.5 Å². The molecule has 1 heterocycles. The fourth-order valence-electron chi connectivity index (χ4n) is 2.14. The smallest absolute Gasteiger partial charge is 0.240 e. The zero-order valence-electron chi connectivity index (χ0n) is 12.7. The van der Waals surface area contributed by atoms with Crippen LogP contribution in [-0.2, 0) is 23.5 Å². The molecular weight excluding hydrogens is 302 g/mol. The van der Waals surface area contributed by atoms with E-state index in [1.165, 1.54) is 0 Å². The Labute approximate surface area is 130 Å². The molecule has 2 aromatic rings. The third-order valence-electron chi connectivity index (χ3n) is 3.43. The molecule has 0 radical (unpaired) electrons. The van der Waals surface area contributed by atoms with Gasteiger partial charge in [-0.2, -0.15) is 5.10 Å². The van der Waals surface area contributed by atoms with E-state index in [1.807, 2.05) is 20.2 Å². The van der Waals surface area contributed by atoms with E-state index in [4.69, 9.17) is 0 Å². The second-order valence-electron chi connectivity index (χ2n) is 5.44. The molecule has 0 saturated carbocycles. The number of hydrogen-bond acceptors (Lipinski definition) is 4. The third-order valence-corrected chi connectivity index (χ3v) is 4.87. The van der Waals surface area contributed by atoms with Crippen LogP contribution >= 0.6 is 0 Å². The number of nitrogens with zero attached hydrogens (tertiary/aromatic N) is 2. The van der Waals surface area contributed by atoms with Crippen molar-refractivity contribution in [2.24, 2.45) is 13.0 Å². The van der Waals surface area contributed by atoms with E-state index in [-0.39, 0.29) is 24.0 Å². The minimum absolute atomic E-state index is 0.0920. The molecule has 2 N–H and O–H groups in total. The Morgan fingerprint density at radius 1 is 1.32 bits per heavy atom. The fraction of sp³-hybridized carbons (Fsp3) is 0.400. The first-order chi connectivity index (χ1) is 10.4. The van der Waals surface area contributed by atoms with E-state index in [1.54, 1.807) is 35.1 Å². The number of rotatable bonds is 7. The predicted molar refractivity (Wildman–Crippen MR) is 83.9 cm³/mol. The van der Waals surface area contributed by atoms with Crippen molar-refractivity contribution in [3.05, 3.63) is 47.8 Å². The maximum atomic E-state index is 12.2. The predicted octanol–water partition coefficient (Wildman–Crippen LogP) is 0.858. The Hall–Kier alpha value is -1.70. The summed E-state index contributed by atoms with van der Waals surface area (Å²) >= 11 is 0. The van der Waals surface area contributed by atoms with Crippen LogP contribution in [0.15, 0.2) is 41.6 Å². The van der Waals surface area contributed by atoms with Crippen LogP contribution in [-0.4, -0.2) is 36.5 Å². The van der Waals surface area contributed by atoms with Gasteiger partial charge >= 0.3 is 0 Å². The monoisotopic (exact) mass is 323 g/mol. The molecule has 0 spiro atoms. The van der Waals surface area contributed by atoms with Crippen LogP contribution in [0.3, 0.4) is 0 Å². The molecule has 0 unspecified atom stereocenters.